The number of hydrogen-bond donors (Lipinski definition) is 1. The second-order valence-electron chi connectivity index (χ2n) is 6.42. The molecule has 1 N–H and O–H groups in total. The lowest BCUT2D eigenvalue weighted by Crippen LogP contribution is -2.25. The van der Waals surface area contributed by atoms with Crippen LogP contribution in [0.5, 0.6) is 0 Å². The summed E-state index contributed by atoms with van der Waals surface area (Å²) in [5.41, 5.74) is 3.53. The smallest absolute Gasteiger partial charge is 0.142 e. The van der Waals surface area contributed by atoms with E-state index < -0.39 is 0 Å². The Hall–Kier alpha value is -1.00. The van der Waals surface area contributed by atoms with Crippen molar-refractivity contribution in [2.45, 2.75) is 47.1 Å². The fourth-order valence-electron chi connectivity index (χ4n) is 2.55. The molecule has 0 aliphatic rings. The Morgan fingerprint density at radius 3 is 2.00 bits per heavy atom. The van der Waals surface area contributed by atoms with Gasteiger partial charge < -0.3 is 10.2 Å². The zero-order valence-corrected chi connectivity index (χ0v) is 14.1. The monoisotopic (exact) mass is 278 g/mol. The van der Waals surface area contributed by atoms with Crippen LogP contribution in [-0.4, -0.2) is 42.1 Å². The zero-order valence-electron chi connectivity index (χ0n) is 14.1. The molecule has 0 bridgehead atoms. The van der Waals surface area contributed by atoms with E-state index in [1.807, 2.05) is 14.1 Å². The number of nitrogens with zero attached hydrogens (tertiary/aromatic N) is 3. The van der Waals surface area contributed by atoms with E-state index in [-0.39, 0.29) is 0 Å². The minimum absolute atomic E-state index is 0.446. The first-order valence-corrected chi connectivity index (χ1v) is 7.50. The van der Waals surface area contributed by atoms with Crippen LogP contribution in [0.4, 0.5) is 0 Å². The van der Waals surface area contributed by atoms with Crippen LogP contribution in [-0.2, 0) is 6.54 Å². The van der Waals surface area contributed by atoms with Gasteiger partial charge in [-0.3, -0.25) is 0 Å². The number of aryl methyl sites for hydroxylation is 2. The van der Waals surface area contributed by atoms with Gasteiger partial charge in [0.05, 0.1) is 6.54 Å². The van der Waals surface area contributed by atoms with Gasteiger partial charge in [-0.2, -0.15) is 0 Å². The van der Waals surface area contributed by atoms with Crippen LogP contribution < -0.4 is 5.32 Å². The lowest BCUT2D eigenvalue weighted by Gasteiger charge is -2.19. The van der Waals surface area contributed by atoms with E-state index in [0.29, 0.717) is 11.8 Å². The molecule has 1 aromatic heterocycles. The molecule has 4 nitrogen and oxygen atoms in total. The first kappa shape index (κ1) is 17.1. The van der Waals surface area contributed by atoms with Crippen LogP contribution in [0, 0.1) is 19.8 Å². The van der Waals surface area contributed by atoms with E-state index in [2.05, 4.69) is 54.8 Å². The van der Waals surface area contributed by atoms with Gasteiger partial charge in [0, 0.05) is 17.9 Å². The van der Waals surface area contributed by atoms with E-state index in [1.165, 1.54) is 5.56 Å². The highest BCUT2D eigenvalue weighted by Crippen LogP contribution is 2.21. The molecule has 0 aromatic carbocycles. The van der Waals surface area contributed by atoms with Crippen LogP contribution in [0.2, 0.25) is 0 Å². The summed E-state index contributed by atoms with van der Waals surface area (Å²) >= 11 is 0. The molecule has 0 radical (unpaired) electrons. The summed E-state index contributed by atoms with van der Waals surface area (Å²) in [5, 5.41) is 3.52. The average molecular weight is 278 g/mol. The Balaban J connectivity index is 2.79. The summed E-state index contributed by atoms with van der Waals surface area (Å²) in [4.78, 5) is 11.4. The van der Waals surface area contributed by atoms with E-state index in [0.717, 1.165) is 36.8 Å². The molecule has 0 saturated carbocycles. The maximum atomic E-state index is 4.66. The van der Waals surface area contributed by atoms with Gasteiger partial charge in [-0.05, 0) is 51.9 Å². The second kappa shape index (κ2) is 7.70. The van der Waals surface area contributed by atoms with Crippen LogP contribution in [0.15, 0.2) is 0 Å². The topological polar surface area (TPSA) is 41.1 Å². The van der Waals surface area contributed by atoms with Gasteiger partial charge >= 0.3 is 0 Å². The van der Waals surface area contributed by atoms with E-state index in [9.17, 15) is 0 Å². The predicted molar refractivity (Wildman–Crippen MR) is 85.0 cm³/mol. The third-order valence-electron chi connectivity index (χ3n) is 3.33. The van der Waals surface area contributed by atoms with Gasteiger partial charge in [0.1, 0.15) is 5.82 Å². The van der Waals surface area contributed by atoms with Crippen LogP contribution in [0.3, 0.4) is 0 Å². The lowest BCUT2D eigenvalue weighted by molar-refractivity contribution is 0.389. The molecule has 114 valence electrons. The summed E-state index contributed by atoms with van der Waals surface area (Å²) in [5.74, 6) is 2.04. The summed E-state index contributed by atoms with van der Waals surface area (Å²) in [6, 6.07) is 0. The zero-order chi connectivity index (χ0) is 15.3. The number of aromatic nitrogens is 2. The standard InChI is InChI=1S/C16H30N4/c1-11(2)8-17-9-12(3)16-13(4)18-15(10-20(6)7)19-14(16)5/h11-12,17H,8-10H2,1-7H3. The molecule has 1 atom stereocenters. The Labute approximate surface area is 124 Å². The third-order valence-corrected chi connectivity index (χ3v) is 3.33. The Morgan fingerprint density at radius 2 is 1.55 bits per heavy atom. The molecule has 1 unspecified atom stereocenters. The van der Waals surface area contributed by atoms with Gasteiger partial charge in [-0.1, -0.05) is 20.8 Å². The minimum Gasteiger partial charge on any atom is -0.316 e. The summed E-state index contributed by atoms with van der Waals surface area (Å²) in [6.07, 6.45) is 0. The Morgan fingerprint density at radius 1 is 1.00 bits per heavy atom. The van der Waals surface area contributed by atoms with Gasteiger partial charge in [0.25, 0.3) is 0 Å². The highest BCUT2D eigenvalue weighted by molar-refractivity contribution is 5.28. The van der Waals surface area contributed by atoms with Crippen molar-refractivity contribution < 1.29 is 0 Å². The number of hydrogen-bond acceptors (Lipinski definition) is 4. The minimum atomic E-state index is 0.446. The van der Waals surface area contributed by atoms with Gasteiger partial charge in [-0.25, -0.2) is 9.97 Å². The number of nitrogens with one attached hydrogen (secondary N) is 1. The first-order chi connectivity index (χ1) is 9.31. The molecule has 0 fully saturated rings. The second-order valence-corrected chi connectivity index (χ2v) is 6.42. The quantitative estimate of drug-likeness (QED) is 0.832. The number of rotatable bonds is 7. The maximum absolute atomic E-state index is 4.66. The molecule has 0 aliphatic carbocycles. The molecule has 4 heteroatoms. The Bertz CT molecular complexity index is 403. The molecule has 1 heterocycles. The van der Waals surface area contributed by atoms with Crippen molar-refractivity contribution in [3.63, 3.8) is 0 Å². The van der Waals surface area contributed by atoms with E-state index >= 15 is 0 Å². The normalized spacial score (nSPS) is 13.2. The fourth-order valence-corrected chi connectivity index (χ4v) is 2.55. The molecule has 0 amide bonds. The van der Waals surface area contributed by atoms with Gasteiger partial charge in [0.2, 0.25) is 0 Å². The molecule has 1 aromatic rings. The highest BCUT2D eigenvalue weighted by Gasteiger charge is 2.15. The largest absolute Gasteiger partial charge is 0.316 e. The molecule has 0 aliphatic heterocycles. The fraction of sp³-hybridized carbons (Fsp3) is 0.750. The van der Waals surface area contributed by atoms with Crippen molar-refractivity contribution in [2.75, 3.05) is 27.2 Å². The molecular formula is C16H30N4. The van der Waals surface area contributed by atoms with Gasteiger partial charge in [0.15, 0.2) is 0 Å². The van der Waals surface area contributed by atoms with Gasteiger partial charge in [-0.15, -0.1) is 0 Å². The van der Waals surface area contributed by atoms with Crippen molar-refractivity contribution in [1.82, 2.24) is 20.2 Å². The molecule has 0 saturated heterocycles. The SMILES string of the molecule is Cc1nc(CN(C)C)nc(C)c1C(C)CNCC(C)C. The summed E-state index contributed by atoms with van der Waals surface area (Å²) in [7, 11) is 4.08. The lowest BCUT2D eigenvalue weighted by atomic mass is 9.97. The van der Waals surface area contributed by atoms with Crippen molar-refractivity contribution in [3.8, 4) is 0 Å². The third kappa shape index (κ3) is 5.17. The molecule has 20 heavy (non-hydrogen) atoms. The van der Waals surface area contributed by atoms with E-state index in [1.54, 1.807) is 0 Å². The summed E-state index contributed by atoms with van der Waals surface area (Å²) in [6.45, 7) is 13.7. The van der Waals surface area contributed by atoms with Crippen molar-refractivity contribution in [2.24, 2.45) is 5.92 Å². The molecular weight excluding hydrogens is 248 g/mol. The highest BCUT2D eigenvalue weighted by atomic mass is 15.1. The van der Waals surface area contributed by atoms with Crippen LogP contribution >= 0.6 is 0 Å². The van der Waals surface area contributed by atoms with Crippen LogP contribution in [0.25, 0.3) is 0 Å². The summed E-state index contributed by atoms with van der Waals surface area (Å²) < 4.78 is 0. The van der Waals surface area contributed by atoms with Crippen LogP contribution in [0.1, 0.15) is 49.5 Å². The van der Waals surface area contributed by atoms with Crippen molar-refractivity contribution in [3.05, 3.63) is 22.8 Å². The Kier molecular flexibility index (Phi) is 6.56. The van der Waals surface area contributed by atoms with Crippen molar-refractivity contribution in [1.29, 1.82) is 0 Å². The maximum Gasteiger partial charge on any atom is 0.142 e. The predicted octanol–water partition coefficient (Wildman–Crippen LogP) is 2.50. The van der Waals surface area contributed by atoms with E-state index in [4.69, 9.17) is 0 Å². The first-order valence-electron chi connectivity index (χ1n) is 7.50. The average Bonchev–Trinajstić information content (AvgIpc) is 2.26. The van der Waals surface area contributed by atoms with Crippen molar-refractivity contribution >= 4 is 0 Å². The molecule has 0 spiro atoms. The molecule has 1 rings (SSSR count).